The number of esters is 1. The topological polar surface area (TPSA) is 69.4 Å². The minimum absolute atomic E-state index is 0.0605. The van der Waals surface area contributed by atoms with Gasteiger partial charge in [-0.3, -0.25) is 14.9 Å². The van der Waals surface area contributed by atoms with Gasteiger partial charge in [-0.25, -0.2) is 0 Å². The molecule has 0 aliphatic rings. The maximum absolute atomic E-state index is 12.9. The average molecular weight is 574 g/mol. The molecule has 0 bridgehead atoms. The van der Waals surface area contributed by atoms with Crippen LogP contribution in [-0.2, 0) is 4.79 Å². The van der Waals surface area contributed by atoms with Crippen molar-refractivity contribution in [2.75, 3.05) is 0 Å². The highest BCUT2D eigenvalue weighted by molar-refractivity contribution is 7.99. The van der Waals surface area contributed by atoms with Gasteiger partial charge in [-0.2, -0.15) is 0 Å². The van der Waals surface area contributed by atoms with Crippen LogP contribution in [-0.4, -0.2) is 18.5 Å². The second kappa shape index (κ2) is 10.0. The predicted molar refractivity (Wildman–Crippen MR) is 131 cm³/mol. The Kier molecular flexibility index (Phi) is 7.98. The third-order valence-electron chi connectivity index (χ3n) is 4.22. The van der Waals surface area contributed by atoms with E-state index in [1.807, 2.05) is 12.1 Å². The Bertz CT molecular complexity index is 1160. The summed E-state index contributed by atoms with van der Waals surface area (Å²) < 4.78 is 0.959. The smallest absolute Gasteiger partial charge is 0.323 e. The second-order valence-corrected chi connectivity index (χ2v) is 12.2. The number of hydrogen-bond donors (Lipinski definition) is 0. The number of ether oxygens (including phenoxy) is 1. The van der Waals surface area contributed by atoms with Gasteiger partial charge >= 0.3 is 5.97 Å². The largest absolute Gasteiger partial charge is 0.425 e. The number of carbonyl (C=O) groups is 1. The monoisotopic (exact) mass is 571 g/mol. The van der Waals surface area contributed by atoms with Crippen LogP contribution in [0.4, 0.5) is 5.69 Å². The minimum atomic E-state index is -2.27. The number of hydrogen-bond acceptors (Lipinski definition) is 5. The molecule has 3 rings (SSSR count). The lowest BCUT2D eigenvalue weighted by molar-refractivity contribution is -0.387. The van der Waals surface area contributed by atoms with Gasteiger partial charge in [0, 0.05) is 6.07 Å². The molecule has 0 aliphatic heterocycles. The van der Waals surface area contributed by atoms with Crippen LogP contribution in [0.3, 0.4) is 0 Å². The Morgan fingerprint density at radius 3 is 2.12 bits per heavy atom. The van der Waals surface area contributed by atoms with Gasteiger partial charge < -0.3 is 4.74 Å². The average Bonchev–Trinajstić information content (AvgIpc) is 2.67. The summed E-state index contributed by atoms with van der Waals surface area (Å²) in [5, 5.41) is 13.0. The van der Waals surface area contributed by atoms with Crippen molar-refractivity contribution in [1.29, 1.82) is 0 Å². The van der Waals surface area contributed by atoms with E-state index in [2.05, 4.69) is 0 Å². The fourth-order valence-electron chi connectivity index (χ4n) is 2.83. The lowest BCUT2D eigenvalue weighted by Gasteiger charge is -2.28. The maximum atomic E-state index is 12.9. The van der Waals surface area contributed by atoms with E-state index in [0.717, 1.165) is 17.1 Å². The van der Waals surface area contributed by atoms with Gasteiger partial charge in [0.25, 0.3) is 5.69 Å². The van der Waals surface area contributed by atoms with Crippen molar-refractivity contribution in [3.05, 3.63) is 70.8 Å². The highest BCUT2D eigenvalue weighted by atomic mass is 35.6. The Morgan fingerprint density at radius 1 is 0.906 bits per heavy atom. The van der Waals surface area contributed by atoms with Crippen LogP contribution in [0.5, 0.6) is 5.75 Å². The van der Waals surface area contributed by atoms with Crippen LogP contribution < -0.4 is 4.74 Å². The molecule has 0 spiro atoms. The van der Waals surface area contributed by atoms with Gasteiger partial charge in [0.2, 0.25) is 7.59 Å². The summed E-state index contributed by atoms with van der Waals surface area (Å²) in [6.45, 7) is 0. The van der Waals surface area contributed by atoms with E-state index in [1.165, 1.54) is 12.1 Å². The van der Waals surface area contributed by atoms with Gasteiger partial charge in [0.1, 0.15) is 5.75 Å². The summed E-state index contributed by atoms with van der Waals surface area (Å²) in [6, 6.07) is 16.6. The van der Waals surface area contributed by atoms with Crippen LogP contribution in [0, 0.1) is 16.0 Å². The van der Waals surface area contributed by atoms with Crippen LogP contribution in [0.25, 0.3) is 10.8 Å². The molecule has 5 nitrogen and oxygen atoms in total. The Balaban J connectivity index is 2.11. The summed E-state index contributed by atoms with van der Waals surface area (Å²) in [4.78, 5) is 24.6. The molecular formula is C20H11Cl6NO4S. The second-order valence-electron chi connectivity index (χ2n) is 6.38. The Morgan fingerprint density at radius 2 is 1.50 bits per heavy atom. The number of nitrogens with zero attached hydrogens (tertiary/aromatic N) is 1. The van der Waals surface area contributed by atoms with Crippen LogP contribution >= 0.6 is 81.4 Å². The minimum Gasteiger partial charge on any atom is -0.425 e. The first-order valence-electron chi connectivity index (χ1n) is 8.67. The molecule has 0 amide bonds. The first-order valence-corrected chi connectivity index (χ1v) is 11.8. The molecule has 0 aliphatic carbocycles. The van der Waals surface area contributed by atoms with E-state index in [1.54, 1.807) is 36.4 Å². The quantitative estimate of drug-likeness (QED) is 0.101. The number of alkyl halides is 6. The standard InChI is InChI=1S/C20H11Cl6NO4S/c21-19(22,23)17(20(24,25)26)18(28)31-14-10-9-11-5-1-2-6-12(11)16(14)32-15-8-4-3-7-13(15)27(29)30/h1-10,17H. The summed E-state index contributed by atoms with van der Waals surface area (Å²) in [6.07, 6.45) is 0. The fraction of sp³-hybridized carbons (Fsp3) is 0.150. The highest BCUT2D eigenvalue weighted by Crippen LogP contribution is 2.50. The Hall–Kier alpha value is -1.12. The van der Waals surface area contributed by atoms with Crippen LogP contribution in [0.1, 0.15) is 0 Å². The zero-order chi connectivity index (χ0) is 23.7. The molecule has 0 heterocycles. The maximum Gasteiger partial charge on any atom is 0.323 e. The zero-order valence-electron chi connectivity index (χ0n) is 15.6. The molecule has 0 N–H and O–H groups in total. The third kappa shape index (κ3) is 5.86. The molecule has 3 aromatic rings. The number of halogens is 6. The van der Waals surface area contributed by atoms with E-state index < -0.39 is 24.4 Å². The number of nitro groups is 1. The molecule has 3 aromatic carbocycles. The van der Waals surface area contributed by atoms with Crippen molar-refractivity contribution in [2.45, 2.75) is 17.4 Å². The third-order valence-corrected chi connectivity index (χ3v) is 6.72. The SMILES string of the molecule is O=C(Oc1ccc2ccccc2c1Sc1ccccc1[N+](=O)[O-])C(C(Cl)(Cl)Cl)C(Cl)(Cl)Cl. The molecule has 0 aromatic heterocycles. The molecule has 0 unspecified atom stereocenters. The van der Waals surface area contributed by atoms with Crippen molar-refractivity contribution >= 4 is 104 Å². The van der Waals surface area contributed by atoms with Crippen molar-refractivity contribution < 1.29 is 14.5 Å². The summed E-state index contributed by atoms with van der Waals surface area (Å²) >= 11 is 36.2. The summed E-state index contributed by atoms with van der Waals surface area (Å²) in [7, 11) is 0. The number of para-hydroxylation sites is 1. The first kappa shape index (κ1) is 25.5. The Labute approximate surface area is 217 Å². The van der Waals surface area contributed by atoms with Gasteiger partial charge in [0.05, 0.1) is 14.7 Å². The number of carbonyl (C=O) groups excluding carboxylic acids is 1. The normalized spacial score (nSPS) is 12.2. The van der Waals surface area contributed by atoms with Crippen molar-refractivity contribution in [3.63, 3.8) is 0 Å². The predicted octanol–water partition coefficient (Wildman–Crippen LogP) is 8.16. The van der Waals surface area contributed by atoms with Gasteiger partial charge in [-0.1, -0.05) is 124 Å². The number of benzene rings is 3. The van der Waals surface area contributed by atoms with Crippen LogP contribution in [0.15, 0.2) is 70.5 Å². The molecule has 0 atom stereocenters. The lowest BCUT2D eigenvalue weighted by Crippen LogP contribution is -2.41. The first-order chi connectivity index (χ1) is 14.9. The molecule has 0 radical (unpaired) electrons. The van der Waals surface area contributed by atoms with Gasteiger partial charge in [0.15, 0.2) is 5.92 Å². The molecule has 12 heteroatoms. The molecule has 32 heavy (non-hydrogen) atoms. The summed E-state index contributed by atoms with van der Waals surface area (Å²) in [5.41, 5.74) is -0.108. The van der Waals surface area contributed by atoms with E-state index in [-0.39, 0.29) is 11.4 Å². The molecule has 0 saturated heterocycles. The van der Waals surface area contributed by atoms with Crippen LogP contribution in [0.2, 0.25) is 0 Å². The van der Waals surface area contributed by atoms with E-state index >= 15 is 0 Å². The number of fused-ring (bicyclic) bond motifs is 1. The summed E-state index contributed by atoms with van der Waals surface area (Å²) in [5.74, 6) is -2.78. The lowest BCUT2D eigenvalue weighted by atomic mass is 10.1. The van der Waals surface area contributed by atoms with Crippen molar-refractivity contribution in [3.8, 4) is 5.75 Å². The fourth-order valence-corrected chi connectivity index (χ4v) is 5.97. The van der Waals surface area contributed by atoms with E-state index in [9.17, 15) is 14.9 Å². The molecule has 0 saturated carbocycles. The number of nitro benzene ring substituents is 1. The van der Waals surface area contributed by atoms with Crippen molar-refractivity contribution in [1.82, 2.24) is 0 Å². The van der Waals surface area contributed by atoms with Gasteiger partial charge in [-0.15, -0.1) is 0 Å². The zero-order valence-corrected chi connectivity index (χ0v) is 21.0. The van der Waals surface area contributed by atoms with E-state index in [0.29, 0.717) is 15.2 Å². The molecule has 0 fully saturated rings. The van der Waals surface area contributed by atoms with E-state index in [4.69, 9.17) is 74.3 Å². The highest BCUT2D eigenvalue weighted by Gasteiger charge is 2.52. The molecular weight excluding hydrogens is 563 g/mol. The van der Waals surface area contributed by atoms with Gasteiger partial charge in [-0.05, 0) is 22.9 Å². The molecule has 168 valence electrons. The van der Waals surface area contributed by atoms with Crippen molar-refractivity contribution in [2.24, 2.45) is 5.92 Å². The number of rotatable bonds is 5.